The van der Waals surface area contributed by atoms with Crippen LogP contribution in [0.4, 0.5) is 0 Å². The molecule has 2 fully saturated rings. The Kier molecular flexibility index (Phi) is 3.70. The maximum Gasteiger partial charge on any atom is 0.325 e. The number of rotatable bonds is 4. The number of carboxylic acids is 1. The van der Waals surface area contributed by atoms with E-state index in [9.17, 15) is 18.3 Å². The third kappa shape index (κ3) is 2.61. The van der Waals surface area contributed by atoms with Crippen molar-refractivity contribution in [1.82, 2.24) is 4.72 Å². The fourth-order valence-electron chi connectivity index (χ4n) is 2.41. The number of hydrogen-bond acceptors (Lipinski definition) is 4. The Bertz CT molecular complexity index is 395. The van der Waals surface area contributed by atoms with Crippen molar-refractivity contribution in [1.29, 1.82) is 0 Å². The zero-order valence-electron chi connectivity index (χ0n) is 9.52. The number of aliphatic carboxylic acids is 1. The van der Waals surface area contributed by atoms with E-state index in [1.54, 1.807) is 0 Å². The zero-order chi connectivity index (χ0) is 12.5. The van der Waals surface area contributed by atoms with Crippen LogP contribution >= 0.6 is 11.8 Å². The molecular formula is C10H17NO4S2. The van der Waals surface area contributed by atoms with Gasteiger partial charge in [0.15, 0.2) is 0 Å². The molecule has 1 aliphatic heterocycles. The van der Waals surface area contributed by atoms with Crippen LogP contribution in [0, 0.1) is 0 Å². The Morgan fingerprint density at radius 3 is 2.47 bits per heavy atom. The lowest BCUT2D eigenvalue weighted by Gasteiger charge is -2.26. The Hall–Kier alpha value is -0.270. The molecule has 1 aliphatic carbocycles. The highest BCUT2D eigenvalue weighted by Gasteiger charge is 2.46. The van der Waals surface area contributed by atoms with Crippen molar-refractivity contribution < 1.29 is 18.3 Å². The second-order valence-electron chi connectivity index (χ2n) is 4.74. The summed E-state index contributed by atoms with van der Waals surface area (Å²) in [7, 11) is -3.49. The van der Waals surface area contributed by atoms with E-state index in [0.717, 1.165) is 12.8 Å². The third-order valence-corrected chi connectivity index (χ3v) is 6.72. The van der Waals surface area contributed by atoms with Crippen molar-refractivity contribution in [2.75, 3.05) is 11.5 Å². The van der Waals surface area contributed by atoms with Crippen molar-refractivity contribution in [2.45, 2.75) is 42.9 Å². The maximum atomic E-state index is 12.1. The van der Waals surface area contributed by atoms with Gasteiger partial charge >= 0.3 is 5.97 Å². The van der Waals surface area contributed by atoms with Gasteiger partial charge < -0.3 is 5.11 Å². The quantitative estimate of drug-likeness (QED) is 0.795. The number of thioether (sulfide) groups is 1. The normalized spacial score (nSPS) is 30.8. The fourth-order valence-corrected chi connectivity index (χ4v) is 5.76. The highest BCUT2D eigenvalue weighted by atomic mass is 32.2. The van der Waals surface area contributed by atoms with E-state index >= 15 is 0 Å². The minimum absolute atomic E-state index is 0.328. The lowest BCUT2D eigenvalue weighted by Crippen LogP contribution is -2.56. The lowest BCUT2D eigenvalue weighted by atomic mass is 10.0. The molecule has 17 heavy (non-hydrogen) atoms. The maximum absolute atomic E-state index is 12.1. The van der Waals surface area contributed by atoms with Gasteiger partial charge in [-0.05, 0) is 25.0 Å². The zero-order valence-corrected chi connectivity index (χ0v) is 11.1. The van der Waals surface area contributed by atoms with Crippen LogP contribution in [-0.4, -0.2) is 41.8 Å². The van der Waals surface area contributed by atoms with Crippen molar-refractivity contribution in [3.05, 3.63) is 0 Å². The second-order valence-corrected chi connectivity index (χ2v) is 7.81. The molecule has 0 aromatic rings. The van der Waals surface area contributed by atoms with Gasteiger partial charge in [0.1, 0.15) is 5.54 Å². The Morgan fingerprint density at radius 1 is 1.35 bits per heavy atom. The standard InChI is InChI=1S/C10H17NO4S2/c12-9(13)10(5-6-16-7-10)11-17(14,15)8-3-1-2-4-8/h8,11H,1-7H2,(H,12,13). The first kappa shape index (κ1) is 13.2. The van der Waals surface area contributed by atoms with Crippen molar-refractivity contribution in [2.24, 2.45) is 0 Å². The lowest BCUT2D eigenvalue weighted by molar-refractivity contribution is -0.142. The van der Waals surface area contributed by atoms with Gasteiger partial charge in [-0.25, -0.2) is 8.42 Å². The number of nitrogens with one attached hydrogen (secondary N) is 1. The number of carbonyl (C=O) groups is 1. The summed E-state index contributed by atoms with van der Waals surface area (Å²) in [6, 6.07) is 0. The molecule has 0 bridgehead atoms. The van der Waals surface area contributed by atoms with E-state index in [4.69, 9.17) is 0 Å². The van der Waals surface area contributed by atoms with E-state index in [2.05, 4.69) is 4.72 Å². The fraction of sp³-hybridized carbons (Fsp3) is 0.900. The van der Waals surface area contributed by atoms with E-state index in [-0.39, 0.29) is 0 Å². The Labute approximate surface area is 105 Å². The molecule has 98 valence electrons. The van der Waals surface area contributed by atoms with E-state index in [1.807, 2.05) is 0 Å². The molecule has 1 saturated carbocycles. The summed E-state index contributed by atoms with van der Waals surface area (Å²) in [5, 5.41) is 8.83. The van der Waals surface area contributed by atoms with Crippen molar-refractivity contribution in [3.8, 4) is 0 Å². The van der Waals surface area contributed by atoms with Crippen LogP contribution in [0.15, 0.2) is 0 Å². The van der Waals surface area contributed by atoms with E-state index in [0.29, 0.717) is 30.8 Å². The first-order valence-electron chi connectivity index (χ1n) is 5.80. The predicted octanol–water partition coefficient (Wildman–Crippen LogP) is 0.809. The van der Waals surface area contributed by atoms with Gasteiger partial charge in [-0.1, -0.05) is 12.8 Å². The van der Waals surface area contributed by atoms with E-state index < -0.39 is 26.8 Å². The van der Waals surface area contributed by atoms with Gasteiger partial charge in [0, 0.05) is 5.75 Å². The first-order chi connectivity index (χ1) is 7.96. The molecule has 0 aromatic heterocycles. The van der Waals surface area contributed by atoms with Gasteiger partial charge in [0.25, 0.3) is 0 Å². The third-order valence-electron chi connectivity index (χ3n) is 3.51. The molecule has 0 radical (unpaired) electrons. The summed E-state index contributed by atoms with van der Waals surface area (Å²) < 4.78 is 26.7. The average Bonchev–Trinajstić information content (AvgIpc) is 2.86. The Balaban J connectivity index is 2.15. The summed E-state index contributed by atoms with van der Waals surface area (Å²) in [5.41, 5.74) is -1.27. The molecule has 1 atom stereocenters. The smallest absolute Gasteiger partial charge is 0.325 e. The topological polar surface area (TPSA) is 83.5 Å². The molecule has 7 heteroatoms. The minimum atomic E-state index is -3.49. The molecule has 2 aliphatic rings. The van der Waals surface area contributed by atoms with Crippen LogP contribution in [0.3, 0.4) is 0 Å². The summed E-state index contributed by atoms with van der Waals surface area (Å²) >= 11 is 1.48. The molecule has 2 N–H and O–H groups in total. The second kappa shape index (κ2) is 4.78. The van der Waals surface area contributed by atoms with Crippen LogP contribution < -0.4 is 4.72 Å². The summed E-state index contributed by atoms with van der Waals surface area (Å²) in [6.07, 6.45) is 3.51. The first-order valence-corrected chi connectivity index (χ1v) is 8.50. The molecule has 2 rings (SSSR count). The van der Waals surface area contributed by atoms with Crippen molar-refractivity contribution in [3.63, 3.8) is 0 Å². The van der Waals surface area contributed by atoms with Gasteiger partial charge in [-0.15, -0.1) is 0 Å². The van der Waals surface area contributed by atoms with Crippen LogP contribution in [0.25, 0.3) is 0 Å². The minimum Gasteiger partial charge on any atom is -0.480 e. The van der Waals surface area contributed by atoms with Gasteiger partial charge in [-0.2, -0.15) is 16.5 Å². The Morgan fingerprint density at radius 2 is 2.00 bits per heavy atom. The molecule has 1 saturated heterocycles. The molecule has 1 unspecified atom stereocenters. The van der Waals surface area contributed by atoms with Crippen LogP contribution in [-0.2, 0) is 14.8 Å². The molecule has 1 heterocycles. The van der Waals surface area contributed by atoms with Crippen LogP contribution in [0.5, 0.6) is 0 Å². The summed E-state index contributed by atoms with van der Waals surface area (Å²) in [4.78, 5) is 11.3. The van der Waals surface area contributed by atoms with Gasteiger partial charge in [0.2, 0.25) is 10.0 Å². The molecule has 5 nitrogen and oxygen atoms in total. The highest BCUT2D eigenvalue weighted by Crippen LogP contribution is 2.31. The largest absolute Gasteiger partial charge is 0.480 e. The highest BCUT2D eigenvalue weighted by molar-refractivity contribution is 7.99. The van der Waals surface area contributed by atoms with Crippen molar-refractivity contribution >= 4 is 27.8 Å². The molecule has 0 aromatic carbocycles. The summed E-state index contributed by atoms with van der Waals surface area (Å²) in [5.74, 6) is -0.0302. The van der Waals surface area contributed by atoms with Gasteiger partial charge in [0.05, 0.1) is 5.25 Å². The van der Waals surface area contributed by atoms with Crippen LogP contribution in [0.2, 0.25) is 0 Å². The summed E-state index contributed by atoms with van der Waals surface area (Å²) in [6.45, 7) is 0. The van der Waals surface area contributed by atoms with Gasteiger partial charge in [-0.3, -0.25) is 4.79 Å². The molecule has 0 amide bonds. The number of sulfonamides is 1. The molecular weight excluding hydrogens is 262 g/mol. The van der Waals surface area contributed by atoms with Crippen LogP contribution in [0.1, 0.15) is 32.1 Å². The number of carboxylic acid groups (broad SMARTS) is 1. The predicted molar refractivity (Wildman–Crippen MR) is 66.6 cm³/mol. The monoisotopic (exact) mass is 279 g/mol. The van der Waals surface area contributed by atoms with E-state index in [1.165, 1.54) is 11.8 Å². The average molecular weight is 279 g/mol. The molecule has 0 spiro atoms. The SMILES string of the molecule is O=C(O)C1(NS(=O)(=O)C2CCCC2)CCSC1. The number of hydrogen-bond donors (Lipinski definition) is 2.